The molecule has 0 fully saturated rings. The molecule has 0 aliphatic heterocycles. The van der Waals surface area contributed by atoms with E-state index in [-0.39, 0.29) is 27.0 Å². The average Bonchev–Trinajstić information content (AvgIpc) is 2.89. The van der Waals surface area contributed by atoms with Gasteiger partial charge in [0.1, 0.15) is 28.5 Å². The number of hydrogen-bond acceptors (Lipinski definition) is 5. The highest BCUT2D eigenvalue weighted by Gasteiger charge is 2.30. The van der Waals surface area contributed by atoms with Gasteiger partial charge in [-0.25, -0.2) is 0 Å². The molecule has 6 nitrogen and oxygen atoms in total. The van der Waals surface area contributed by atoms with E-state index in [0.717, 1.165) is 17.2 Å². The smallest absolute Gasteiger partial charge is 0.294 e. The third-order valence-corrected chi connectivity index (χ3v) is 8.84. The van der Waals surface area contributed by atoms with Crippen molar-refractivity contribution in [3.63, 3.8) is 0 Å². The Labute approximate surface area is 253 Å². The molecule has 0 saturated heterocycles. The van der Waals surface area contributed by atoms with Crippen molar-refractivity contribution >= 4 is 21.0 Å². The first kappa shape index (κ1) is 33.0. The summed E-state index contributed by atoms with van der Waals surface area (Å²) in [7, 11) is -2.61. The summed E-state index contributed by atoms with van der Waals surface area (Å²) in [5, 5.41) is 0. The van der Waals surface area contributed by atoms with Crippen molar-refractivity contribution in [2.24, 2.45) is 0 Å². The van der Waals surface area contributed by atoms with Crippen LogP contribution in [0.3, 0.4) is 0 Å². The van der Waals surface area contributed by atoms with Gasteiger partial charge in [0.05, 0.1) is 22.9 Å². The van der Waals surface area contributed by atoms with Gasteiger partial charge in [-0.2, -0.15) is 8.42 Å². The molecule has 0 radical (unpaired) electrons. The lowest BCUT2D eigenvalue weighted by atomic mass is 10.2. The normalized spacial score (nSPS) is 11.9. The second-order valence-corrected chi connectivity index (χ2v) is 15.0. The van der Waals surface area contributed by atoms with Crippen LogP contribution in [-0.2, 0) is 21.0 Å². The van der Waals surface area contributed by atoms with Crippen molar-refractivity contribution in [2.45, 2.75) is 79.3 Å². The molecule has 224 valence electrons. The Morgan fingerprint density at radius 3 is 1.48 bits per heavy atom. The number of hydrogen-bond donors (Lipinski definition) is 1. The monoisotopic (exact) mass is 609 g/mol. The number of rotatable bonds is 7. The molecule has 0 atom stereocenters. The zero-order valence-corrected chi connectivity index (χ0v) is 27.2. The molecule has 0 aliphatic carbocycles. The van der Waals surface area contributed by atoms with E-state index in [2.05, 4.69) is 102 Å². The van der Waals surface area contributed by atoms with Crippen LogP contribution in [0.25, 0.3) is 0 Å². The first-order valence-corrected chi connectivity index (χ1v) is 16.2. The molecule has 0 saturated carbocycles. The van der Waals surface area contributed by atoms with Crippen molar-refractivity contribution in [1.29, 1.82) is 0 Å². The maximum absolute atomic E-state index is 10.6. The van der Waals surface area contributed by atoms with Gasteiger partial charge in [0, 0.05) is 6.07 Å². The van der Waals surface area contributed by atoms with E-state index in [1.807, 2.05) is 12.1 Å². The Bertz CT molecular complexity index is 1490. The summed E-state index contributed by atoms with van der Waals surface area (Å²) >= 11 is 0. The van der Waals surface area contributed by atoms with Gasteiger partial charge in [-0.15, -0.1) is 0 Å². The number of aryl methyl sites for hydroxylation is 1. The van der Waals surface area contributed by atoms with Gasteiger partial charge >= 0.3 is 0 Å². The highest BCUT2D eigenvalue weighted by Crippen LogP contribution is 2.35. The second-order valence-electron chi connectivity index (χ2n) is 11.6. The highest BCUT2D eigenvalue weighted by atomic mass is 32.2. The zero-order chi connectivity index (χ0) is 31.1. The molecular formula is C34H41O6S2+. The first-order chi connectivity index (χ1) is 19.6. The van der Waals surface area contributed by atoms with Crippen LogP contribution in [0.15, 0.2) is 117 Å². The average molecular weight is 610 g/mol. The zero-order valence-electron chi connectivity index (χ0n) is 25.5. The molecule has 1 N–H and O–H groups in total. The molecule has 0 aliphatic rings. The topological polar surface area (TPSA) is 82.1 Å². The molecule has 4 aromatic carbocycles. The molecule has 0 bridgehead atoms. The van der Waals surface area contributed by atoms with Gasteiger partial charge in [-0.3, -0.25) is 4.55 Å². The first-order valence-electron chi connectivity index (χ1n) is 13.6. The SMILES string of the molecule is COc1cccc([S+](c2ccc(OC(C)(C)C)cc2)c2ccc(OC(C)(C)C)cc2)c1.Cc1ccccc1S(=O)(=O)O. The van der Waals surface area contributed by atoms with Gasteiger partial charge in [0.25, 0.3) is 10.1 Å². The third-order valence-electron chi connectivity index (χ3n) is 5.62. The van der Waals surface area contributed by atoms with Crippen LogP contribution in [-0.4, -0.2) is 31.3 Å². The van der Waals surface area contributed by atoms with Crippen molar-refractivity contribution in [1.82, 2.24) is 0 Å². The molecular weight excluding hydrogens is 569 g/mol. The van der Waals surface area contributed by atoms with Crippen LogP contribution in [0.5, 0.6) is 17.2 Å². The summed E-state index contributed by atoms with van der Waals surface area (Å²) in [6, 6.07) is 31.4. The summed E-state index contributed by atoms with van der Waals surface area (Å²) in [5.74, 6) is 2.61. The van der Waals surface area contributed by atoms with E-state index in [4.69, 9.17) is 18.8 Å². The third kappa shape index (κ3) is 10.1. The van der Waals surface area contributed by atoms with E-state index in [1.54, 1.807) is 32.2 Å². The van der Waals surface area contributed by atoms with Gasteiger partial charge < -0.3 is 14.2 Å². The van der Waals surface area contributed by atoms with E-state index >= 15 is 0 Å². The second kappa shape index (κ2) is 13.7. The maximum Gasteiger partial charge on any atom is 0.294 e. The van der Waals surface area contributed by atoms with Gasteiger partial charge in [0.15, 0.2) is 14.7 Å². The largest absolute Gasteiger partial charge is 0.497 e. The molecule has 0 unspecified atom stereocenters. The molecule has 0 amide bonds. The Balaban J connectivity index is 0.000000369. The molecule has 0 spiro atoms. The number of methoxy groups -OCH3 is 1. The summed E-state index contributed by atoms with van der Waals surface area (Å²) in [4.78, 5) is 3.62. The predicted octanol–water partition coefficient (Wildman–Crippen LogP) is 8.39. The molecule has 4 aromatic rings. The standard InChI is InChI=1S/C27H33O3S.C7H8O3S/c1-26(2,3)29-20-11-15-23(16-12-20)31(25-10-8-9-22(19-25)28-7)24-17-13-21(14-18-24)30-27(4,5)6;1-6-4-2-3-5-7(6)11(8,9)10/h8-19H,1-7H3;2-5H,1H3,(H,8,9,10)/q+1;. The maximum atomic E-state index is 10.6. The molecule has 4 rings (SSSR count). The molecule has 0 heterocycles. The van der Waals surface area contributed by atoms with Crippen molar-refractivity contribution in [3.8, 4) is 17.2 Å². The van der Waals surface area contributed by atoms with Gasteiger partial charge in [0.2, 0.25) is 0 Å². The summed E-state index contributed by atoms with van der Waals surface area (Å²) < 4.78 is 47.4. The number of ether oxygens (including phenoxy) is 3. The summed E-state index contributed by atoms with van der Waals surface area (Å²) in [6.07, 6.45) is 0. The predicted molar refractivity (Wildman–Crippen MR) is 170 cm³/mol. The van der Waals surface area contributed by atoms with E-state index in [0.29, 0.717) is 5.56 Å². The van der Waals surface area contributed by atoms with Crippen LogP contribution in [0, 0.1) is 6.92 Å². The van der Waals surface area contributed by atoms with Crippen LogP contribution in [0.2, 0.25) is 0 Å². The van der Waals surface area contributed by atoms with Crippen molar-refractivity contribution < 1.29 is 27.2 Å². The minimum atomic E-state index is -4.03. The lowest BCUT2D eigenvalue weighted by Gasteiger charge is -2.21. The van der Waals surface area contributed by atoms with Crippen molar-refractivity contribution in [2.75, 3.05) is 7.11 Å². The lowest BCUT2D eigenvalue weighted by Crippen LogP contribution is -2.23. The van der Waals surface area contributed by atoms with E-state index in [1.165, 1.54) is 20.8 Å². The van der Waals surface area contributed by atoms with Crippen LogP contribution < -0.4 is 14.2 Å². The van der Waals surface area contributed by atoms with Crippen LogP contribution >= 0.6 is 0 Å². The Morgan fingerprint density at radius 1 is 0.619 bits per heavy atom. The Hall–Kier alpha value is -3.46. The van der Waals surface area contributed by atoms with E-state index < -0.39 is 10.1 Å². The lowest BCUT2D eigenvalue weighted by molar-refractivity contribution is 0.130. The van der Waals surface area contributed by atoms with Gasteiger partial charge in [-0.05, 0) is 121 Å². The fourth-order valence-corrected chi connectivity index (χ4v) is 6.78. The minimum absolute atomic E-state index is 0.0278. The molecule has 42 heavy (non-hydrogen) atoms. The quantitative estimate of drug-likeness (QED) is 0.167. The van der Waals surface area contributed by atoms with Crippen LogP contribution in [0.4, 0.5) is 0 Å². The minimum Gasteiger partial charge on any atom is -0.497 e. The molecule has 0 aromatic heterocycles. The summed E-state index contributed by atoms with van der Waals surface area (Å²) in [6.45, 7) is 14.0. The summed E-state index contributed by atoms with van der Waals surface area (Å²) in [5.41, 5.74) is 0.104. The van der Waals surface area contributed by atoms with E-state index in [9.17, 15) is 8.42 Å². The Morgan fingerprint density at radius 2 is 1.10 bits per heavy atom. The fourth-order valence-electron chi connectivity index (χ4n) is 3.98. The molecule has 8 heteroatoms. The number of benzene rings is 4. The fraction of sp³-hybridized carbons (Fsp3) is 0.294. The van der Waals surface area contributed by atoms with Gasteiger partial charge in [-0.1, -0.05) is 24.3 Å². The Kier molecular flexibility index (Phi) is 10.8. The van der Waals surface area contributed by atoms with Crippen LogP contribution in [0.1, 0.15) is 47.1 Å². The van der Waals surface area contributed by atoms with Crippen molar-refractivity contribution in [3.05, 3.63) is 103 Å². The highest BCUT2D eigenvalue weighted by molar-refractivity contribution is 7.97.